The maximum atomic E-state index is 5.09. The van der Waals surface area contributed by atoms with Crippen molar-refractivity contribution in [1.29, 1.82) is 0 Å². The molecule has 0 aromatic heterocycles. The van der Waals surface area contributed by atoms with Crippen molar-refractivity contribution in [1.82, 2.24) is 5.32 Å². The molecule has 3 heteroatoms. The van der Waals surface area contributed by atoms with Crippen LogP contribution in [0.25, 0.3) is 33.4 Å². The van der Waals surface area contributed by atoms with E-state index in [2.05, 4.69) is 212 Å². The fourth-order valence-corrected chi connectivity index (χ4v) is 10.0. The van der Waals surface area contributed by atoms with Gasteiger partial charge in [-0.15, -0.1) is 0 Å². The predicted octanol–water partition coefficient (Wildman–Crippen LogP) is 10.6. The number of rotatable bonds is 5. The lowest BCUT2D eigenvalue weighted by Gasteiger charge is -2.46. The molecule has 276 valence electrons. The van der Waals surface area contributed by atoms with Crippen LogP contribution in [0, 0.1) is 0 Å². The fraction of sp³-hybridized carbons (Fsp3) is 0.0909. The Labute approximate surface area is 340 Å². The van der Waals surface area contributed by atoms with Gasteiger partial charge in [-0.05, 0) is 91.0 Å². The van der Waals surface area contributed by atoms with Crippen molar-refractivity contribution in [2.75, 3.05) is 0 Å². The second-order valence-corrected chi connectivity index (χ2v) is 16.2. The number of fused-ring (bicyclic) bond motifs is 9. The minimum absolute atomic E-state index is 0.121. The van der Waals surface area contributed by atoms with Gasteiger partial charge in [0.05, 0.1) is 11.0 Å². The van der Waals surface area contributed by atoms with Crippen molar-refractivity contribution >= 4 is 11.7 Å². The Morgan fingerprint density at radius 2 is 0.948 bits per heavy atom. The van der Waals surface area contributed by atoms with E-state index < -0.39 is 5.41 Å². The average Bonchev–Trinajstić information content (AvgIpc) is 3.60. The van der Waals surface area contributed by atoms with Gasteiger partial charge in [-0.2, -0.15) is 4.99 Å². The van der Waals surface area contributed by atoms with E-state index in [1.54, 1.807) is 0 Å². The molecule has 0 fully saturated rings. The molecular weight excluding hydrogens is 703 g/mol. The van der Waals surface area contributed by atoms with E-state index in [4.69, 9.17) is 4.99 Å². The van der Waals surface area contributed by atoms with Crippen molar-refractivity contribution in [3.8, 4) is 33.4 Å². The Bertz CT molecular complexity index is 2890. The van der Waals surface area contributed by atoms with Gasteiger partial charge in [0.2, 0.25) is 12.0 Å². The van der Waals surface area contributed by atoms with Crippen molar-refractivity contribution in [3.63, 3.8) is 0 Å². The zero-order valence-electron chi connectivity index (χ0n) is 32.6. The van der Waals surface area contributed by atoms with Crippen molar-refractivity contribution in [3.05, 3.63) is 250 Å². The van der Waals surface area contributed by atoms with Crippen LogP contribution in [0.15, 0.2) is 205 Å². The first kappa shape index (κ1) is 34.2. The van der Waals surface area contributed by atoms with E-state index in [0.717, 1.165) is 33.9 Å². The summed E-state index contributed by atoms with van der Waals surface area (Å²) >= 11 is 0. The molecule has 0 saturated heterocycles. The molecule has 3 nitrogen and oxygen atoms in total. The summed E-state index contributed by atoms with van der Waals surface area (Å²) in [4.78, 5) is 8.77. The molecule has 0 bridgehead atoms. The van der Waals surface area contributed by atoms with Crippen molar-refractivity contribution in [2.45, 2.75) is 30.8 Å². The molecule has 2 aliphatic carbocycles. The molecule has 11 rings (SSSR count). The predicted molar refractivity (Wildman–Crippen MR) is 237 cm³/mol. The second kappa shape index (κ2) is 13.2. The smallest absolute Gasteiger partial charge is 0.247 e. The highest BCUT2D eigenvalue weighted by Crippen LogP contribution is 2.63. The van der Waals surface area contributed by atoms with E-state index in [1.165, 1.54) is 61.2 Å². The van der Waals surface area contributed by atoms with Crippen LogP contribution in [0.5, 0.6) is 0 Å². The van der Waals surface area contributed by atoms with Crippen LogP contribution in [-0.2, 0) is 10.8 Å². The second-order valence-electron chi connectivity index (χ2n) is 16.2. The molecule has 0 saturated carbocycles. The summed E-state index contributed by atoms with van der Waals surface area (Å²) in [7, 11) is 0. The minimum atomic E-state index is -0.408. The van der Waals surface area contributed by atoms with Gasteiger partial charge in [0.15, 0.2) is 0 Å². The van der Waals surface area contributed by atoms with E-state index in [-0.39, 0.29) is 11.6 Å². The summed E-state index contributed by atoms with van der Waals surface area (Å²) in [5.74, 6) is 1.78. The standard InChI is InChI=1S/C55H41N3/c1-54(2)45-26-11-13-28-47(45)55(48-29-14-12-27-46(48)54)44-25-10-9-23-43(44)50-42(24-16-30-49(50)55)37-33-31-36(32-34-37)40-21-15-22-41(35-40)53-57-51(38-17-5-3-6-18-38)56-52(58-53)39-19-7-4-8-20-39/h3-35,51H,1-2H3,(H,56,57,58)/p+1. The first-order valence-electron chi connectivity index (χ1n) is 20.2. The fourth-order valence-electron chi connectivity index (χ4n) is 10.0. The summed E-state index contributed by atoms with van der Waals surface area (Å²) in [6.07, 6.45) is -0.213. The molecule has 1 aliphatic heterocycles. The van der Waals surface area contributed by atoms with Crippen LogP contribution in [0.3, 0.4) is 0 Å². The molecule has 8 aromatic rings. The number of hydrogen-bond donors (Lipinski definition) is 2. The SMILES string of the molecule is CC1(C)c2ccccc2C2(c3ccccc3-c3c(-c4ccc(-c5cccc(C6=[NH+]C(c7ccccc7)N=C(c7ccccc7)N6)c5)cc4)cccc32)c2ccccc21. The molecule has 1 spiro atoms. The number of aliphatic imine (C=N–C) groups is 1. The summed E-state index contributed by atoms with van der Waals surface area (Å²) in [5.41, 5.74) is 18.4. The first-order valence-corrected chi connectivity index (χ1v) is 20.2. The van der Waals surface area contributed by atoms with E-state index >= 15 is 0 Å². The van der Waals surface area contributed by atoms with Crippen LogP contribution in [0.1, 0.15) is 70.1 Å². The summed E-state index contributed by atoms with van der Waals surface area (Å²) < 4.78 is 0. The largest absolute Gasteiger partial charge is 0.283 e. The lowest BCUT2D eigenvalue weighted by molar-refractivity contribution is -0.510. The van der Waals surface area contributed by atoms with Crippen LogP contribution >= 0.6 is 0 Å². The Kier molecular flexibility index (Phi) is 7.81. The molecule has 58 heavy (non-hydrogen) atoms. The van der Waals surface area contributed by atoms with Crippen LogP contribution in [0.4, 0.5) is 0 Å². The Morgan fingerprint density at radius 1 is 0.431 bits per heavy atom. The normalized spacial score (nSPS) is 16.6. The van der Waals surface area contributed by atoms with Crippen LogP contribution < -0.4 is 10.3 Å². The molecule has 2 N–H and O–H groups in total. The quantitative estimate of drug-likeness (QED) is 0.181. The topological polar surface area (TPSA) is 38.4 Å². The maximum Gasteiger partial charge on any atom is 0.283 e. The molecule has 8 aromatic carbocycles. The van der Waals surface area contributed by atoms with E-state index in [0.29, 0.717) is 0 Å². The molecule has 0 amide bonds. The monoisotopic (exact) mass is 744 g/mol. The Balaban J connectivity index is 0.995. The summed E-state index contributed by atoms with van der Waals surface area (Å²) in [6.45, 7) is 4.76. The van der Waals surface area contributed by atoms with Gasteiger partial charge in [0.25, 0.3) is 5.84 Å². The van der Waals surface area contributed by atoms with Gasteiger partial charge in [-0.3, -0.25) is 0 Å². The molecule has 1 atom stereocenters. The highest BCUT2D eigenvalue weighted by molar-refractivity contribution is 6.13. The van der Waals surface area contributed by atoms with Gasteiger partial charge in [0.1, 0.15) is 0 Å². The van der Waals surface area contributed by atoms with E-state index in [9.17, 15) is 0 Å². The number of hydrogen-bond acceptors (Lipinski definition) is 2. The number of nitrogens with zero attached hydrogens (tertiary/aromatic N) is 1. The Hall–Kier alpha value is -7.10. The Morgan fingerprint density at radius 3 is 1.66 bits per heavy atom. The lowest BCUT2D eigenvalue weighted by atomic mass is 9.55. The maximum absolute atomic E-state index is 5.09. The summed E-state index contributed by atoms with van der Waals surface area (Å²) in [5, 5.41) is 3.62. The van der Waals surface area contributed by atoms with Crippen LogP contribution in [0.2, 0.25) is 0 Å². The van der Waals surface area contributed by atoms with E-state index in [1.807, 2.05) is 12.1 Å². The third-order valence-electron chi connectivity index (χ3n) is 12.7. The molecule has 1 heterocycles. The average molecular weight is 745 g/mol. The number of amidine groups is 2. The van der Waals surface area contributed by atoms with Gasteiger partial charge in [-0.1, -0.05) is 190 Å². The number of benzene rings is 8. The summed E-state index contributed by atoms with van der Waals surface area (Å²) in [6, 6.07) is 73.0. The van der Waals surface area contributed by atoms with Crippen molar-refractivity contribution < 1.29 is 4.99 Å². The first-order chi connectivity index (χ1) is 28.5. The van der Waals surface area contributed by atoms with Crippen LogP contribution in [-0.4, -0.2) is 11.7 Å². The third-order valence-corrected chi connectivity index (χ3v) is 12.7. The molecule has 0 radical (unpaired) electrons. The zero-order chi connectivity index (χ0) is 38.8. The van der Waals surface area contributed by atoms with Gasteiger partial charge in [-0.25, -0.2) is 10.3 Å². The third kappa shape index (κ3) is 5.13. The highest BCUT2D eigenvalue weighted by atomic mass is 15.2. The molecule has 3 aliphatic rings. The van der Waals surface area contributed by atoms with Gasteiger partial charge >= 0.3 is 0 Å². The lowest BCUT2D eigenvalue weighted by Crippen LogP contribution is -2.80. The van der Waals surface area contributed by atoms with Gasteiger partial charge < -0.3 is 0 Å². The minimum Gasteiger partial charge on any atom is -0.247 e. The molecular formula is C55H42N3+. The van der Waals surface area contributed by atoms with Gasteiger partial charge in [0, 0.05) is 16.5 Å². The molecule has 1 unspecified atom stereocenters. The number of nitrogens with one attached hydrogen (secondary N) is 2. The zero-order valence-corrected chi connectivity index (χ0v) is 32.6. The van der Waals surface area contributed by atoms with Crippen molar-refractivity contribution in [2.24, 2.45) is 4.99 Å². The highest BCUT2D eigenvalue weighted by Gasteiger charge is 2.53.